The smallest absolute Gasteiger partial charge is 0.253 e. The number of benzene rings is 2. The van der Waals surface area contributed by atoms with Crippen LogP contribution in [0, 0.1) is 0 Å². The number of thiocarbonyl (C=S) groups is 1. The van der Waals surface area contributed by atoms with E-state index in [1.54, 1.807) is 15.8 Å². The lowest BCUT2D eigenvalue weighted by Crippen LogP contribution is -2.70. The predicted molar refractivity (Wildman–Crippen MR) is 166 cm³/mol. The lowest BCUT2D eigenvalue weighted by atomic mass is 10.0. The maximum atomic E-state index is 13.6. The number of fused-ring (bicyclic) bond motifs is 1. The molecular formula is C28H22N6O4S4. The van der Waals surface area contributed by atoms with Gasteiger partial charge in [-0.1, -0.05) is 60.7 Å². The first-order chi connectivity index (χ1) is 20.5. The summed E-state index contributed by atoms with van der Waals surface area (Å²) in [6.07, 6.45) is 0.00971. The van der Waals surface area contributed by atoms with E-state index in [0.717, 1.165) is 16.7 Å². The van der Waals surface area contributed by atoms with Crippen molar-refractivity contribution >= 4 is 80.6 Å². The summed E-state index contributed by atoms with van der Waals surface area (Å²) in [5, 5.41) is 16.1. The fraction of sp³-hybridized carbons (Fsp3) is 0.179. The number of nitrogens with one attached hydrogen (secondary N) is 2. The fourth-order valence-corrected chi connectivity index (χ4v) is 7.74. The molecule has 212 valence electrons. The molecule has 0 unspecified atom stereocenters. The molecule has 2 N–H and O–H groups in total. The van der Waals surface area contributed by atoms with Crippen LogP contribution in [0.4, 0.5) is 5.13 Å². The number of ether oxygens (including phenoxy) is 1. The normalized spacial score (nSPS) is 17.8. The Morgan fingerprint density at radius 3 is 2.48 bits per heavy atom. The predicted octanol–water partition coefficient (Wildman–Crippen LogP) is 4.05. The Hall–Kier alpha value is -3.98. The average Bonchev–Trinajstić information content (AvgIpc) is 3.71. The van der Waals surface area contributed by atoms with Crippen LogP contribution in [0.1, 0.15) is 27.9 Å². The van der Waals surface area contributed by atoms with Gasteiger partial charge < -0.3 is 15.4 Å². The van der Waals surface area contributed by atoms with Crippen molar-refractivity contribution in [3.8, 4) is 0 Å². The number of nitrogens with zero attached hydrogens (tertiary/aromatic N) is 4. The fourth-order valence-electron chi connectivity index (χ4n) is 4.72. The molecule has 2 aliphatic heterocycles. The van der Waals surface area contributed by atoms with Crippen molar-refractivity contribution in [3.05, 3.63) is 99.1 Å². The monoisotopic (exact) mass is 634 g/mol. The molecule has 2 aromatic heterocycles. The summed E-state index contributed by atoms with van der Waals surface area (Å²) in [6.45, 7) is 0. The van der Waals surface area contributed by atoms with Gasteiger partial charge in [0.15, 0.2) is 5.13 Å². The first-order valence-electron chi connectivity index (χ1n) is 12.7. The van der Waals surface area contributed by atoms with Crippen LogP contribution in [0.2, 0.25) is 0 Å². The van der Waals surface area contributed by atoms with Crippen molar-refractivity contribution < 1.29 is 19.1 Å². The SMILES string of the molecule is O=CNc1nc(CC(=O)N[C@@H]2C(=O)N3C(C(=S)OC(c4ccccc4)c4ccccc4)=C(c4nncs4)CS[C@H]23)cs1. The van der Waals surface area contributed by atoms with Gasteiger partial charge in [0.2, 0.25) is 17.4 Å². The second-order valence-electron chi connectivity index (χ2n) is 9.22. The molecule has 0 aliphatic carbocycles. The largest absolute Gasteiger partial charge is 0.469 e. The summed E-state index contributed by atoms with van der Waals surface area (Å²) in [5.74, 6) is -0.131. The Labute approximate surface area is 258 Å². The quantitative estimate of drug-likeness (QED) is 0.151. The van der Waals surface area contributed by atoms with Crippen LogP contribution in [-0.2, 0) is 25.5 Å². The van der Waals surface area contributed by atoms with Gasteiger partial charge in [-0.2, -0.15) is 0 Å². The van der Waals surface area contributed by atoms with E-state index >= 15 is 0 Å². The highest BCUT2D eigenvalue weighted by Crippen LogP contribution is 2.45. The zero-order valence-corrected chi connectivity index (χ0v) is 25.0. The second-order valence-corrected chi connectivity index (χ2v) is 12.4. The Morgan fingerprint density at radius 1 is 1.12 bits per heavy atom. The Morgan fingerprint density at radius 2 is 1.83 bits per heavy atom. The molecule has 0 saturated carbocycles. The summed E-state index contributed by atoms with van der Waals surface area (Å²) < 4.78 is 6.51. The van der Waals surface area contributed by atoms with E-state index in [4.69, 9.17) is 17.0 Å². The summed E-state index contributed by atoms with van der Waals surface area (Å²) >= 11 is 10.00. The number of carbonyl (C=O) groups is 3. The highest BCUT2D eigenvalue weighted by molar-refractivity contribution is 8.00. The number of anilines is 1. The van der Waals surface area contributed by atoms with Crippen molar-refractivity contribution in [2.75, 3.05) is 11.1 Å². The number of amides is 3. The minimum atomic E-state index is -0.735. The zero-order valence-electron chi connectivity index (χ0n) is 21.7. The molecule has 1 saturated heterocycles. The summed E-state index contributed by atoms with van der Waals surface area (Å²) in [7, 11) is 0. The van der Waals surface area contributed by atoms with Gasteiger partial charge in [-0.25, -0.2) is 4.98 Å². The van der Waals surface area contributed by atoms with Gasteiger partial charge in [0.25, 0.3) is 5.91 Å². The standard InChI is InChI=1S/C28H22N6O4S4/c35-14-29-28-31-18(12-41-28)11-20(36)32-21-25(37)34-22(19(13-40-26(21)34)24-33-30-15-42-24)27(39)38-23(16-7-3-1-4-8-16)17-9-5-2-6-10-17/h1-10,12,14-15,21,23,26H,11,13H2,(H,32,36)(H,29,31,35)/t21-,26-/m1/s1. The van der Waals surface area contributed by atoms with Crippen LogP contribution in [0.3, 0.4) is 0 Å². The maximum absolute atomic E-state index is 13.6. The van der Waals surface area contributed by atoms with E-state index in [1.165, 1.54) is 34.4 Å². The molecule has 42 heavy (non-hydrogen) atoms. The molecule has 2 aromatic carbocycles. The van der Waals surface area contributed by atoms with Crippen LogP contribution in [0.5, 0.6) is 0 Å². The van der Waals surface area contributed by atoms with Gasteiger partial charge in [-0.15, -0.1) is 44.6 Å². The summed E-state index contributed by atoms with van der Waals surface area (Å²) in [4.78, 5) is 42.9. The van der Waals surface area contributed by atoms with E-state index < -0.39 is 12.1 Å². The van der Waals surface area contributed by atoms with E-state index in [-0.39, 0.29) is 28.7 Å². The van der Waals surface area contributed by atoms with Crippen LogP contribution >= 0.6 is 46.7 Å². The van der Waals surface area contributed by atoms with Crippen LogP contribution < -0.4 is 10.6 Å². The number of thioether (sulfide) groups is 1. The minimum absolute atomic E-state index is 0.0196. The van der Waals surface area contributed by atoms with Gasteiger partial charge in [-0.05, 0) is 23.3 Å². The first kappa shape index (κ1) is 28.2. The van der Waals surface area contributed by atoms with Crippen molar-refractivity contribution in [2.45, 2.75) is 23.9 Å². The van der Waals surface area contributed by atoms with Gasteiger partial charge in [-0.3, -0.25) is 19.3 Å². The zero-order chi connectivity index (χ0) is 29.1. The third-order valence-electron chi connectivity index (χ3n) is 6.60. The Kier molecular flexibility index (Phi) is 8.37. The van der Waals surface area contributed by atoms with Crippen molar-refractivity contribution in [1.82, 2.24) is 25.4 Å². The topological polar surface area (TPSA) is 126 Å². The van der Waals surface area contributed by atoms with Crippen molar-refractivity contribution in [2.24, 2.45) is 0 Å². The van der Waals surface area contributed by atoms with E-state index in [2.05, 4.69) is 25.8 Å². The molecule has 1 fully saturated rings. The third-order valence-corrected chi connectivity index (χ3v) is 9.74. The molecule has 2 aliphatic rings. The molecular weight excluding hydrogens is 613 g/mol. The van der Waals surface area contributed by atoms with Crippen LogP contribution in [-0.4, -0.2) is 60.5 Å². The lowest BCUT2D eigenvalue weighted by molar-refractivity contribution is -0.145. The van der Waals surface area contributed by atoms with Crippen molar-refractivity contribution in [3.63, 3.8) is 0 Å². The molecule has 0 radical (unpaired) electrons. The first-order valence-corrected chi connectivity index (χ1v) is 15.9. The lowest BCUT2D eigenvalue weighted by Gasteiger charge is -2.50. The van der Waals surface area contributed by atoms with Crippen molar-refractivity contribution in [1.29, 1.82) is 0 Å². The highest BCUT2D eigenvalue weighted by Gasteiger charge is 2.54. The molecule has 3 amide bonds. The van der Waals surface area contributed by atoms with Gasteiger partial charge in [0, 0.05) is 16.7 Å². The number of rotatable bonds is 10. The molecule has 2 atom stereocenters. The number of hydrogen-bond donors (Lipinski definition) is 2. The van der Waals surface area contributed by atoms with Gasteiger partial charge in [0.1, 0.15) is 33.7 Å². The Balaban J connectivity index is 1.25. The molecule has 4 heterocycles. The average molecular weight is 635 g/mol. The highest BCUT2D eigenvalue weighted by atomic mass is 32.2. The number of carbonyl (C=O) groups excluding carboxylic acids is 3. The number of hydrogen-bond acceptors (Lipinski definition) is 11. The second kappa shape index (κ2) is 12.5. The molecule has 10 nitrogen and oxygen atoms in total. The van der Waals surface area contributed by atoms with Gasteiger partial charge in [0.05, 0.1) is 12.1 Å². The third kappa shape index (κ3) is 5.70. The molecule has 0 spiro atoms. The van der Waals surface area contributed by atoms with Gasteiger partial charge >= 0.3 is 0 Å². The van der Waals surface area contributed by atoms with Crippen LogP contribution in [0.25, 0.3) is 5.57 Å². The maximum Gasteiger partial charge on any atom is 0.253 e. The van der Waals surface area contributed by atoms with Crippen LogP contribution in [0.15, 0.2) is 77.3 Å². The summed E-state index contributed by atoms with van der Waals surface area (Å²) in [6, 6.07) is 18.8. The number of aromatic nitrogens is 3. The molecule has 4 aromatic rings. The number of thiazole rings is 1. The van der Waals surface area contributed by atoms with E-state index in [9.17, 15) is 14.4 Å². The van der Waals surface area contributed by atoms with E-state index in [1.807, 2.05) is 60.7 Å². The molecule has 0 bridgehead atoms. The molecule has 14 heteroatoms. The Bertz CT molecular complexity index is 1610. The van der Waals surface area contributed by atoms with E-state index in [0.29, 0.717) is 33.7 Å². The summed E-state index contributed by atoms with van der Waals surface area (Å²) in [5.41, 5.74) is 5.20. The minimum Gasteiger partial charge on any atom is -0.469 e. The molecule has 6 rings (SSSR count). The number of β-lactam (4-membered cyclic amide) rings is 1.